The van der Waals surface area contributed by atoms with E-state index in [4.69, 9.17) is 4.74 Å². The lowest BCUT2D eigenvalue weighted by Crippen LogP contribution is -2.01. The Kier molecular flexibility index (Phi) is 2.35. The fraction of sp³-hybridized carbons (Fsp3) is 0.333. The summed E-state index contributed by atoms with van der Waals surface area (Å²) in [6.45, 7) is 2.98. The highest BCUT2D eigenvalue weighted by Crippen LogP contribution is 2.23. The predicted octanol–water partition coefficient (Wildman–Crippen LogP) is 3.15. The van der Waals surface area contributed by atoms with Gasteiger partial charge in [0.15, 0.2) is 0 Å². The van der Waals surface area contributed by atoms with E-state index in [1.54, 1.807) is 0 Å². The Morgan fingerprint density at radius 3 is 2.77 bits per heavy atom. The normalized spacial score (nSPS) is 16.2. The molecule has 0 atom stereocenters. The van der Waals surface area contributed by atoms with Gasteiger partial charge < -0.3 is 4.74 Å². The van der Waals surface area contributed by atoms with Crippen LogP contribution in [0.2, 0.25) is 0 Å². The second-order valence-corrected chi connectivity index (χ2v) is 3.37. The summed E-state index contributed by atoms with van der Waals surface area (Å²) in [5, 5.41) is 0. The first kappa shape index (κ1) is 8.36. The van der Waals surface area contributed by atoms with Crippen LogP contribution in [0.3, 0.4) is 0 Å². The molecule has 0 radical (unpaired) electrons. The quantitative estimate of drug-likeness (QED) is 0.635. The van der Waals surface area contributed by atoms with Gasteiger partial charge in [-0.1, -0.05) is 24.3 Å². The summed E-state index contributed by atoms with van der Waals surface area (Å²) in [6.07, 6.45) is 4.48. The van der Waals surface area contributed by atoms with Gasteiger partial charge in [-0.05, 0) is 31.4 Å². The summed E-state index contributed by atoms with van der Waals surface area (Å²) < 4.78 is 5.61. The standard InChI is InChI=1S/C12H14O/c1-10-6-2-3-7-11(10)12-8-4-5-9-13-12/h2-3,6-8H,4-5,9H2,1H3. The largest absolute Gasteiger partial charge is 0.493 e. The number of rotatable bonds is 1. The molecule has 0 unspecified atom stereocenters. The van der Waals surface area contributed by atoms with Crippen molar-refractivity contribution >= 4 is 5.76 Å². The Labute approximate surface area is 79.0 Å². The predicted molar refractivity (Wildman–Crippen MR) is 54.3 cm³/mol. The Hall–Kier alpha value is -1.24. The topological polar surface area (TPSA) is 9.23 Å². The molecule has 1 aliphatic heterocycles. The third-order valence-electron chi connectivity index (χ3n) is 2.35. The van der Waals surface area contributed by atoms with Crippen LogP contribution in [0.4, 0.5) is 0 Å². The van der Waals surface area contributed by atoms with Crippen molar-refractivity contribution in [3.8, 4) is 0 Å². The van der Waals surface area contributed by atoms with Crippen molar-refractivity contribution in [1.82, 2.24) is 0 Å². The minimum Gasteiger partial charge on any atom is -0.493 e. The SMILES string of the molecule is Cc1ccccc1C1=CCCCO1. The smallest absolute Gasteiger partial charge is 0.122 e. The van der Waals surface area contributed by atoms with Crippen molar-refractivity contribution in [1.29, 1.82) is 0 Å². The zero-order valence-electron chi connectivity index (χ0n) is 7.92. The molecule has 1 aromatic rings. The molecule has 1 aliphatic rings. The fourth-order valence-electron chi connectivity index (χ4n) is 1.59. The van der Waals surface area contributed by atoms with E-state index < -0.39 is 0 Å². The lowest BCUT2D eigenvalue weighted by atomic mass is 10.1. The summed E-state index contributed by atoms with van der Waals surface area (Å²) in [4.78, 5) is 0. The molecule has 0 saturated carbocycles. The number of hydrogen-bond acceptors (Lipinski definition) is 1. The van der Waals surface area contributed by atoms with E-state index >= 15 is 0 Å². The molecule has 1 aromatic carbocycles. The zero-order chi connectivity index (χ0) is 9.10. The maximum Gasteiger partial charge on any atom is 0.122 e. The highest BCUT2D eigenvalue weighted by Gasteiger charge is 2.08. The summed E-state index contributed by atoms with van der Waals surface area (Å²) in [6, 6.07) is 8.35. The molecule has 1 nitrogen and oxygen atoms in total. The van der Waals surface area contributed by atoms with Gasteiger partial charge in [0, 0.05) is 5.56 Å². The average molecular weight is 174 g/mol. The van der Waals surface area contributed by atoms with Crippen LogP contribution >= 0.6 is 0 Å². The highest BCUT2D eigenvalue weighted by molar-refractivity contribution is 5.63. The highest BCUT2D eigenvalue weighted by atomic mass is 16.5. The molecule has 0 amide bonds. The fourth-order valence-corrected chi connectivity index (χ4v) is 1.59. The molecule has 68 valence electrons. The summed E-state index contributed by atoms with van der Waals surface area (Å²) in [5.74, 6) is 1.06. The van der Waals surface area contributed by atoms with Gasteiger partial charge in [0.1, 0.15) is 5.76 Å². The van der Waals surface area contributed by atoms with E-state index in [-0.39, 0.29) is 0 Å². The van der Waals surface area contributed by atoms with Gasteiger partial charge in [-0.2, -0.15) is 0 Å². The maximum absolute atomic E-state index is 5.61. The van der Waals surface area contributed by atoms with Crippen molar-refractivity contribution < 1.29 is 4.74 Å². The van der Waals surface area contributed by atoms with E-state index in [0.717, 1.165) is 25.2 Å². The van der Waals surface area contributed by atoms with Gasteiger partial charge in [0.25, 0.3) is 0 Å². The van der Waals surface area contributed by atoms with Crippen molar-refractivity contribution in [3.63, 3.8) is 0 Å². The molecular weight excluding hydrogens is 160 g/mol. The minimum absolute atomic E-state index is 0.861. The molecule has 0 fully saturated rings. The van der Waals surface area contributed by atoms with Gasteiger partial charge in [-0.3, -0.25) is 0 Å². The first-order valence-electron chi connectivity index (χ1n) is 4.77. The Balaban J connectivity index is 2.34. The van der Waals surface area contributed by atoms with Crippen LogP contribution in [-0.4, -0.2) is 6.61 Å². The van der Waals surface area contributed by atoms with Crippen LogP contribution in [0.25, 0.3) is 5.76 Å². The lowest BCUT2D eigenvalue weighted by molar-refractivity contribution is 0.258. The molecule has 0 spiro atoms. The van der Waals surface area contributed by atoms with Crippen LogP contribution in [0.5, 0.6) is 0 Å². The van der Waals surface area contributed by atoms with Crippen LogP contribution in [0.15, 0.2) is 30.3 Å². The van der Waals surface area contributed by atoms with E-state index in [1.807, 2.05) is 0 Å². The second-order valence-electron chi connectivity index (χ2n) is 3.37. The Morgan fingerprint density at radius 2 is 2.08 bits per heavy atom. The number of benzene rings is 1. The third-order valence-corrected chi connectivity index (χ3v) is 2.35. The van der Waals surface area contributed by atoms with Crippen molar-refractivity contribution in [2.75, 3.05) is 6.61 Å². The summed E-state index contributed by atoms with van der Waals surface area (Å²) in [7, 11) is 0. The Morgan fingerprint density at radius 1 is 1.23 bits per heavy atom. The van der Waals surface area contributed by atoms with Gasteiger partial charge in [0.05, 0.1) is 6.61 Å². The molecule has 13 heavy (non-hydrogen) atoms. The Bertz CT molecular complexity index is 326. The third kappa shape index (κ3) is 1.74. The van der Waals surface area contributed by atoms with E-state index in [1.165, 1.54) is 11.1 Å². The van der Waals surface area contributed by atoms with Crippen LogP contribution in [-0.2, 0) is 4.74 Å². The van der Waals surface area contributed by atoms with Gasteiger partial charge in [-0.25, -0.2) is 0 Å². The van der Waals surface area contributed by atoms with Crippen LogP contribution in [0.1, 0.15) is 24.0 Å². The van der Waals surface area contributed by atoms with Crippen LogP contribution in [0, 0.1) is 6.92 Å². The van der Waals surface area contributed by atoms with E-state index in [0.29, 0.717) is 0 Å². The number of aryl methyl sites for hydroxylation is 1. The van der Waals surface area contributed by atoms with Gasteiger partial charge in [0.2, 0.25) is 0 Å². The number of ether oxygens (including phenoxy) is 1. The monoisotopic (exact) mass is 174 g/mol. The molecular formula is C12H14O. The summed E-state index contributed by atoms with van der Waals surface area (Å²) >= 11 is 0. The zero-order valence-corrected chi connectivity index (χ0v) is 7.92. The average Bonchev–Trinajstić information content (AvgIpc) is 2.20. The number of hydrogen-bond donors (Lipinski definition) is 0. The molecule has 0 aromatic heterocycles. The first-order valence-corrected chi connectivity index (χ1v) is 4.77. The number of allylic oxidation sites excluding steroid dienone is 1. The lowest BCUT2D eigenvalue weighted by Gasteiger charge is -2.16. The maximum atomic E-state index is 5.61. The minimum atomic E-state index is 0.861. The molecule has 0 saturated heterocycles. The molecule has 0 bridgehead atoms. The van der Waals surface area contributed by atoms with Crippen molar-refractivity contribution in [3.05, 3.63) is 41.5 Å². The van der Waals surface area contributed by atoms with Crippen molar-refractivity contribution in [2.24, 2.45) is 0 Å². The van der Waals surface area contributed by atoms with Gasteiger partial charge >= 0.3 is 0 Å². The van der Waals surface area contributed by atoms with E-state index in [9.17, 15) is 0 Å². The first-order chi connectivity index (χ1) is 6.38. The molecule has 2 rings (SSSR count). The van der Waals surface area contributed by atoms with Crippen LogP contribution < -0.4 is 0 Å². The molecule has 0 N–H and O–H groups in total. The molecule has 0 aliphatic carbocycles. The molecule has 1 heterocycles. The molecule has 1 heteroatoms. The second kappa shape index (κ2) is 3.65. The van der Waals surface area contributed by atoms with E-state index in [2.05, 4.69) is 37.3 Å². The summed E-state index contributed by atoms with van der Waals surface area (Å²) in [5.41, 5.74) is 2.53. The van der Waals surface area contributed by atoms with Gasteiger partial charge in [-0.15, -0.1) is 0 Å². The van der Waals surface area contributed by atoms with Crippen molar-refractivity contribution in [2.45, 2.75) is 19.8 Å².